The normalized spacial score (nSPS) is 10.3. The van der Waals surface area contributed by atoms with Gasteiger partial charge in [0.2, 0.25) is 0 Å². The summed E-state index contributed by atoms with van der Waals surface area (Å²) in [4.78, 5) is 21.1. The van der Waals surface area contributed by atoms with E-state index < -0.39 is 0 Å². The number of nitrogens with one attached hydrogen (secondary N) is 2. The molecule has 1 aromatic heterocycles. The fourth-order valence-electron chi connectivity index (χ4n) is 2.07. The van der Waals surface area contributed by atoms with E-state index in [-0.39, 0.29) is 5.91 Å². The fraction of sp³-hybridized carbons (Fsp3) is 0.333. The maximum Gasteiger partial charge on any atom is 0.251 e. The molecule has 1 amide bonds. The van der Waals surface area contributed by atoms with Crippen molar-refractivity contribution in [2.45, 2.75) is 20.4 Å². The van der Waals surface area contributed by atoms with Gasteiger partial charge in [-0.2, -0.15) is 0 Å². The zero-order valence-electron chi connectivity index (χ0n) is 11.9. The van der Waals surface area contributed by atoms with E-state index in [1.807, 2.05) is 24.3 Å². The van der Waals surface area contributed by atoms with Gasteiger partial charge in [-0.3, -0.25) is 4.79 Å². The zero-order chi connectivity index (χ0) is 14.4. The number of nitrogens with zero attached hydrogens (tertiary/aromatic N) is 2. The standard InChI is InChI=1S/C15H20N4O/c1-3-19(4-2)14-7-5-12(6-8-14)15(20)17-10-13-9-16-11-18-13/h5-9,11H,3-4,10H2,1-2H3,(H,16,18)(H,17,20). The summed E-state index contributed by atoms with van der Waals surface area (Å²) >= 11 is 0. The van der Waals surface area contributed by atoms with E-state index in [9.17, 15) is 4.79 Å². The molecule has 2 aromatic rings. The van der Waals surface area contributed by atoms with Crippen LogP contribution in [-0.2, 0) is 6.54 Å². The Morgan fingerprint density at radius 1 is 1.25 bits per heavy atom. The smallest absolute Gasteiger partial charge is 0.251 e. The van der Waals surface area contributed by atoms with Crippen LogP contribution in [0.4, 0.5) is 5.69 Å². The summed E-state index contributed by atoms with van der Waals surface area (Å²) in [6.45, 7) is 6.61. The number of imidazole rings is 1. The molecule has 5 nitrogen and oxygen atoms in total. The number of H-pyrrole nitrogens is 1. The van der Waals surface area contributed by atoms with E-state index in [0.717, 1.165) is 24.5 Å². The van der Waals surface area contributed by atoms with Gasteiger partial charge in [0, 0.05) is 30.5 Å². The Balaban J connectivity index is 1.96. The maximum atomic E-state index is 12.0. The SMILES string of the molecule is CCN(CC)c1ccc(C(=O)NCc2cnc[nH]2)cc1. The summed E-state index contributed by atoms with van der Waals surface area (Å²) in [5, 5.41) is 2.85. The fourth-order valence-corrected chi connectivity index (χ4v) is 2.07. The lowest BCUT2D eigenvalue weighted by Crippen LogP contribution is -2.24. The van der Waals surface area contributed by atoms with Crippen LogP contribution < -0.4 is 10.2 Å². The summed E-state index contributed by atoms with van der Waals surface area (Å²) in [6.07, 6.45) is 3.30. The Morgan fingerprint density at radius 3 is 2.50 bits per heavy atom. The summed E-state index contributed by atoms with van der Waals surface area (Å²) in [7, 11) is 0. The van der Waals surface area contributed by atoms with E-state index in [0.29, 0.717) is 12.1 Å². The van der Waals surface area contributed by atoms with Gasteiger partial charge in [-0.25, -0.2) is 4.98 Å². The molecule has 0 bridgehead atoms. The molecule has 0 aliphatic carbocycles. The predicted molar refractivity (Wildman–Crippen MR) is 79.8 cm³/mol. The number of amides is 1. The molecule has 5 heteroatoms. The lowest BCUT2D eigenvalue weighted by molar-refractivity contribution is 0.0950. The van der Waals surface area contributed by atoms with Gasteiger partial charge >= 0.3 is 0 Å². The van der Waals surface area contributed by atoms with Crippen molar-refractivity contribution in [2.75, 3.05) is 18.0 Å². The molecule has 0 spiro atoms. The van der Waals surface area contributed by atoms with Crippen molar-refractivity contribution in [1.82, 2.24) is 15.3 Å². The molecule has 0 aliphatic heterocycles. The third-order valence-electron chi connectivity index (χ3n) is 3.25. The van der Waals surface area contributed by atoms with Gasteiger partial charge in [0.15, 0.2) is 0 Å². The topological polar surface area (TPSA) is 61.0 Å². The quantitative estimate of drug-likeness (QED) is 0.847. The van der Waals surface area contributed by atoms with Crippen molar-refractivity contribution in [3.05, 3.63) is 48.0 Å². The lowest BCUT2D eigenvalue weighted by atomic mass is 10.2. The van der Waals surface area contributed by atoms with Crippen LogP contribution in [0.1, 0.15) is 29.9 Å². The van der Waals surface area contributed by atoms with Gasteiger partial charge in [-0.1, -0.05) is 0 Å². The molecule has 20 heavy (non-hydrogen) atoms. The monoisotopic (exact) mass is 272 g/mol. The maximum absolute atomic E-state index is 12.0. The molecule has 0 saturated carbocycles. The first-order chi connectivity index (χ1) is 9.74. The predicted octanol–water partition coefficient (Wildman–Crippen LogP) is 2.19. The highest BCUT2D eigenvalue weighted by Gasteiger charge is 2.07. The summed E-state index contributed by atoms with van der Waals surface area (Å²) in [5.41, 5.74) is 2.69. The average molecular weight is 272 g/mol. The van der Waals surface area contributed by atoms with Crippen LogP contribution in [0.15, 0.2) is 36.8 Å². The Morgan fingerprint density at radius 2 is 1.95 bits per heavy atom. The molecule has 1 heterocycles. The van der Waals surface area contributed by atoms with Gasteiger partial charge < -0.3 is 15.2 Å². The van der Waals surface area contributed by atoms with Crippen molar-refractivity contribution in [1.29, 1.82) is 0 Å². The number of rotatable bonds is 6. The number of aromatic nitrogens is 2. The highest BCUT2D eigenvalue weighted by Crippen LogP contribution is 2.14. The molecule has 1 aromatic carbocycles. The Labute approximate surface area is 119 Å². The number of hydrogen-bond donors (Lipinski definition) is 2. The van der Waals surface area contributed by atoms with Gasteiger partial charge in [0.1, 0.15) is 0 Å². The molecule has 2 N–H and O–H groups in total. The molecular formula is C15H20N4O. The van der Waals surface area contributed by atoms with Crippen molar-refractivity contribution in [3.8, 4) is 0 Å². The van der Waals surface area contributed by atoms with E-state index >= 15 is 0 Å². The summed E-state index contributed by atoms with van der Waals surface area (Å²) in [5.74, 6) is -0.0781. The van der Waals surface area contributed by atoms with Crippen LogP contribution in [0, 0.1) is 0 Å². The van der Waals surface area contributed by atoms with Gasteiger partial charge in [-0.15, -0.1) is 0 Å². The minimum Gasteiger partial charge on any atom is -0.372 e. The third kappa shape index (κ3) is 3.38. The second-order valence-corrected chi connectivity index (χ2v) is 4.48. The molecule has 0 radical (unpaired) electrons. The van der Waals surface area contributed by atoms with E-state index in [1.54, 1.807) is 12.5 Å². The highest BCUT2D eigenvalue weighted by molar-refractivity contribution is 5.94. The first-order valence-corrected chi connectivity index (χ1v) is 6.85. The van der Waals surface area contributed by atoms with Crippen molar-refractivity contribution in [2.24, 2.45) is 0 Å². The average Bonchev–Trinajstić information content (AvgIpc) is 3.00. The number of benzene rings is 1. The van der Waals surface area contributed by atoms with Crippen LogP contribution in [0.25, 0.3) is 0 Å². The Kier molecular flexibility index (Phi) is 4.76. The van der Waals surface area contributed by atoms with Crippen LogP contribution in [-0.4, -0.2) is 29.0 Å². The zero-order valence-corrected chi connectivity index (χ0v) is 11.9. The molecule has 0 fully saturated rings. The molecule has 2 rings (SSSR count). The molecule has 0 unspecified atom stereocenters. The van der Waals surface area contributed by atoms with Crippen LogP contribution in [0.3, 0.4) is 0 Å². The second kappa shape index (κ2) is 6.75. The van der Waals surface area contributed by atoms with Crippen molar-refractivity contribution < 1.29 is 4.79 Å². The van der Waals surface area contributed by atoms with Gasteiger partial charge in [0.05, 0.1) is 18.6 Å². The van der Waals surface area contributed by atoms with Gasteiger partial charge in [-0.05, 0) is 38.1 Å². The van der Waals surface area contributed by atoms with Gasteiger partial charge in [0.25, 0.3) is 5.91 Å². The first-order valence-electron chi connectivity index (χ1n) is 6.85. The molecular weight excluding hydrogens is 252 g/mol. The largest absolute Gasteiger partial charge is 0.372 e. The van der Waals surface area contributed by atoms with Crippen LogP contribution in [0.5, 0.6) is 0 Å². The van der Waals surface area contributed by atoms with Crippen LogP contribution >= 0.6 is 0 Å². The van der Waals surface area contributed by atoms with E-state index in [4.69, 9.17) is 0 Å². The summed E-state index contributed by atoms with van der Waals surface area (Å²) < 4.78 is 0. The minimum absolute atomic E-state index is 0.0781. The number of hydrogen-bond acceptors (Lipinski definition) is 3. The number of carbonyl (C=O) groups is 1. The number of carbonyl (C=O) groups excluding carboxylic acids is 1. The van der Waals surface area contributed by atoms with Crippen LogP contribution in [0.2, 0.25) is 0 Å². The van der Waals surface area contributed by atoms with Crippen molar-refractivity contribution >= 4 is 11.6 Å². The molecule has 0 atom stereocenters. The Bertz CT molecular complexity index is 530. The van der Waals surface area contributed by atoms with Crippen molar-refractivity contribution in [3.63, 3.8) is 0 Å². The molecule has 106 valence electrons. The highest BCUT2D eigenvalue weighted by atomic mass is 16.1. The third-order valence-corrected chi connectivity index (χ3v) is 3.25. The lowest BCUT2D eigenvalue weighted by Gasteiger charge is -2.21. The summed E-state index contributed by atoms with van der Waals surface area (Å²) in [6, 6.07) is 7.68. The van der Waals surface area contributed by atoms with E-state index in [2.05, 4.69) is 34.0 Å². The number of aromatic amines is 1. The second-order valence-electron chi connectivity index (χ2n) is 4.48. The molecule has 0 aliphatic rings. The Hall–Kier alpha value is -2.30. The van der Waals surface area contributed by atoms with E-state index in [1.165, 1.54) is 0 Å². The minimum atomic E-state index is -0.0781. The first kappa shape index (κ1) is 14.1. The number of anilines is 1. The molecule has 0 saturated heterocycles.